The Morgan fingerprint density at radius 2 is 1.67 bits per heavy atom. The van der Waals surface area contributed by atoms with Crippen molar-refractivity contribution >= 4 is 0 Å². The van der Waals surface area contributed by atoms with E-state index in [1.807, 2.05) is 24.3 Å². The molecule has 0 radical (unpaired) electrons. The summed E-state index contributed by atoms with van der Waals surface area (Å²) in [5.74, 6) is 2.46. The molecule has 0 bridgehead atoms. The summed E-state index contributed by atoms with van der Waals surface area (Å²) in [4.78, 5) is 2.57. The van der Waals surface area contributed by atoms with E-state index in [-0.39, 0.29) is 0 Å². The second-order valence-corrected chi connectivity index (χ2v) is 6.82. The van der Waals surface area contributed by atoms with E-state index in [2.05, 4.69) is 28.4 Å². The summed E-state index contributed by atoms with van der Waals surface area (Å²) in [6, 6.07) is 14.8. The average molecular weight is 370 g/mol. The van der Waals surface area contributed by atoms with Crippen LogP contribution in [0.2, 0.25) is 0 Å². The van der Waals surface area contributed by atoms with E-state index < -0.39 is 0 Å². The molecule has 5 heteroatoms. The monoisotopic (exact) mass is 370 g/mol. The number of hydrogen-bond donors (Lipinski definition) is 1. The van der Waals surface area contributed by atoms with Crippen LogP contribution in [0.3, 0.4) is 0 Å². The van der Waals surface area contributed by atoms with Gasteiger partial charge in [-0.1, -0.05) is 24.3 Å². The van der Waals surface area contributed by atoms with Crippen molar-refractivity contribution in [2.45, 2.75) is 25.4 Å². The number of nitrogens with zero attached hydrogens (tertiary/aromatic N) is 1. The third-order valence-electron chi connectivity index (χ3n) is 5.22. The normalized spacial score (nSPS) is 15.5. The average Bonchev–Trinajstić information content (AvgIpc) is 3.25. The molecule has 1 unspecified atom stereocenters. The molecule has 0 aliphatic carbocycles. The highest BCUT2D eigenvalue weighted by Crippen LogP contribution is 2.31. The number of para-hydroxylation sites is 1. The van der Waals surface area contributed by atoms with E-state index in [4.69, 9.17) is 14.2 Å². The van der Waals surface area contributed by atoms with Crippen LogP contribution < -0.4 is 19.5 Å². The Balaban J connectivity index is 1.70. The highest BCUT2D eigenvalue weighted by Gasteiger charge is 2.23. The van der Waals surface area contributed by atoms with Crippen molar-refractivity contribution in [1.29, 1.82) is 0 Å². The molecule has 3 rings (SSSR count). The smallest absolute Gasteiger partial charge is 0.165 e. The van der Waals surface area contributed by atoms with Crippen LogP contribution in [0.25, 0.3) is 0 Å². The molecule has 0 spiro atoms. The van der Waals surface area contributed by atoms with Crippen molar-refractivity contribution in [3.63, 3.8) is 0 Å². The van der Waals surface area contributed by atoms with Gasteiger partial charge in [0.25, 0.3) is 0 Å². The lowest BCUT2D eigenvalue weighted by Gasteiger charge is -2.28. The summed E-state index contributed by atoms with van der Waals surface area (Å²) >= 11 is 0. The lowest BCUT2D eigenvalue weighted by Crippen LogP contribution is -2.34. The quantitative estimate of drug-likeness (QED) is 0.730. The molecule has 5 nitrogen and oxygen atoms in total. The van der Waals surface area contributed by atoms with Crippen molar-refractivity contribution < 1.29 is 14.2 Å². The molecular weight excluding hydrogens is 340 g/mol. The van der Waals surface area contributed by atoms with E-state index in [1.54, 1.807) is 21.3 Å². The van der Waals surface area contributed by atoms with Crippen molar-refractivity contribution in [3.8, 4) is 17.2 Å². The van der Waals surface area contributed by atoms with Gasteiger partial charge in [-0.3, -0.25) is 4.90 Å². The first-order chi connectivity index (χ1) is 13.3. The van der Waals surface area contributed by atoms with Gasteiger partial charge in [-0.25, -0.2) is 0 Å². The van der Waals surface area contributed by atoms with Gasteiger partial charge in [-0.05, 0) is 49.7 Å². The Morgan fingerprint density at radius 3 is 2.30 bits per heavy atom. The zero-order valence-corrected chi connectivity index (χ0v) is 16.5. The van der Waals surface area contributed by atoms with Crippen molar-refractivity contribution in [2.24, 2.45) is 0 Å². The number of likely N-dealkylation sites (tertiary alicyclic amines) is 1. The van der Waals surface area contributed by atoms with E-state index >= 15 is 0 Å². The van der Waals surface area contributed by atoms with Crippen LogP contribution in [0.15, 0.2) is 42.5 Å². The summed E-state index contributed by atoms with van der Waals surface area (Å²) in [6.45, 7) is 3.93. The van der Waals surface area contributed by atoms with Gasteiger partial charge < -0.3 is 19.5 Å². The van der Waals surface area contributed by atoms with Gasteiger partial charge in [0.05, 0.1) is 21.3 Å². The molecule has 1 N–H and O–H groups in total. The van der Waals surface area contributed by atoms with Gasteiger partial charge in [-0.2, -0.15) is 0 Å². The zero-order valence-electron chi connectivity index (χ0n) is 16.5. The van der Waals surface area contributed by atoms with Crippen LogP contribution in [0.1, 0.15) is 30.0 Å². The number of methoxy groups -OCH3 is 3. The summed E-state index contributed by atoms with van der Waals surface area (Å²) in [7, 11) is 5.06. The van der Waals surface area contributed by atoms with Crippen LogP contribution in [0.5, 0.6) is 17.2 Å². The Bertz CT molecular complexity index is 712. The highest BCUT2D eigenvalue weighted by atomic mass is 16.5. The van der Waals surface area contributed by atoms with Gasteiger partial charge in [0, 0.05) is 24.7 Å². The number of ether oxygens (including phenoxy) is 3. The van der Waals surface area contributed by atoms with Crippen LogP contribution >= 0.6 is 0 Å². The molecule has 1 aliphatic rings. The van der Waals surface area contributed by atoms with E-state index in [0.717, 1.165) is 49.0 Å². The largest absolute Gasteiger partial charge is 0.497 e. The van der Waals surface area contributed by atoms with Crippen LogP contribution in [-0.4, -0.2) is 45.9 Å². The molecular formula is C22H30N2O3. The molecule has 2 aromatic rings. The minimum atomic E-state index is 0.356. The molecule has 0 saturated carbocycles. The Morgan fingerprint density at radius 1 is 0.926 bits per heavy atom. The molecule has 1 saturated heterocycles. The molecule has 0 amide bonds. The lowest BCUT2D eigenvalue weighted by molar-refractivity contribution is 0.238. The number of nitrogens with one attached hydrogen (secondary N) is 1. The predicted molar refractivity (Wildman–Crippen MR) is 108 cm³/mol. The lowest BCUT2D eigenvalue weighted by atomic mass is 10.0. The Kier molecular flexibility index (Phi) is 6.96. The molecule has 1 aliphatic heterocycles. The Labute approximate surface area is 162 Å². The minimum absolute atomic E-state index is 0.356. The number of rotatable bonds is 9. The molecule has 1 fully saturated rings. The van der Waals surface area contributed by atoms with Gasteiger partial charge in [0.1, 0.15) is 5.75 Å². The third-order valence-corrected chi connectivity index (χ3v) is 5.22. The standard InChI is InChI=1S/C22H30N2O3/c1-25-19-11-9-17(10-12-19)20(24-13-4-5-14-24)16-23-15-18-7-6-8-21(26-2)22(18)27-3/h6-12,20,23H,4-5,13-16H2,1-3H3. The fraction of sp³-hybridized carbons (Fsp3) is 0.455. The summed E-state index contributed by atoms with van der Waals surface area (Å²) in [5, 5.41) is 3.62. The topological polar surface area (TPSA) is 43.0 Å². The van der Waals surface area contributed by atoms with E-state index in [1.165, 1.54) is 18.4 Å². The van der Waals surface area contributed by atoms with Crippen LogP contribution in [0.4, 0.5) is 0 Å². The predicted octanol–water partition coefficient (Wildman–Crippen LogP) is 3.64. The first-order valence-electron chi connectivity index (χ1n) is 9.55. The number of benzene rings is 2. The molecule has 0 aromatic heterocycles. The van der Waals surface area contributed by atoms with E-state index in [9.17, 15) is 0 Å². The summed E-state index contributed by atoms with van der Waals surface area (Å²) in [6.07, 6.45) is 2.55. The van der Waals surface area contributed by atoms with Gasteiger partial charge in [0.15, 0.2) is 11.5 Å². The molecule has 27 heavy (non-hydrogen) atoms. The van der Waals surface area contributed by atoms with Gasteiger partial charge >= 0.3 is 0 Å². The maximum Gasteiger partial charge on any atom is 0.165 e. The second-order valence-electron chi connectivity index (χ2n) is 6.82. The molecule has 2 aromatic carbocycles. The molecule has 1 atom stereocenters. The molecule has 146 valence electrons. The van der Waals surface area contributed by atoms with Gasteiger partial charge in [0.2, 0.25) is 0 Å². The van der Waals surface area contributed by atoms with Crippen LogP contribution in [-0.2, 0) is 6.54 Å². The van der Waals surface area contributed by atoms with E-state index in [0.29, 0.717) is 6.04 Å². The molecule has 1 heterocycles. The summed E-state index contributed by atoms with van der Waals surface area (Å²) in [5.41, 5.74) is 2.43. The fourth-order valence-electron chi connectivity index (χ4n) is 3.77. The minimum Gasteiger partial charge on any atom is -0.497 e. The highest BCUT2D eigenvalue weighted by molar-refractivity contribution is 5.46. The second kappa shape index (κ2) is 9.62. The van der Waals surface area contributed by atoms with Gasteiger partial charge in [-0.15, -0.1) is 0 Å². The first kappa shape index (κ1) is 19.5. The SMILES string of the molecule is COc1ccc(C(CNCc2cccc(OC)c2OC)N2CCCC2)cc1. The maximum absolute atomic E-state index is 5.55. The fourth-order valence-corrected chi connectivity index (χ4v) is 3.77. The van der Waals surface area contributed by atoms with Crippen LogP contribution in [0, 0.1) is 0 Å². The maximum atomic E-state index is 5.55. The Hall–Kier alpha value is -2.24. The zero-order chi connectivity index (χ0) is 19.1. The number of hydrogen-bond acceptors (Lipinski definition) is 5. The van der Waals surface area contributed by atoms with Crippen molar-refractivity contribution in [3.05, 3.63) is 53.6 Å². The first-order valence-corrected chi connectivity index (χ1v) is 9.55. The van der Waals surface area contributed by atoms with Crippen molar-refractivity contribution in [2.75, 3.05) is 41.0 Å². The summed E-state index contributed by atoms with van der Waals surface area (Å²) < 4.78 is 16.3. The third kappa shape index (κ3) is 4.73. The van der Waals surface area contributed by atoms with Crippen molar-refractivity contribution in [1.82, 2.24) is 10.2 Å².